The van der Waals surface area contributed by atoms with Gasteiger partial charge >= 0.3 is 0 Å². The van der Waals surface area contributed by atoms with Crippen molar-refractivity contribution < 1.29 is 17.1 Å². The molecule has 1 aromatic rings. The molecule has 0 radical (unpaired) electrons. The first kappa shape index (κ1) is 2.98. The molecule has 1 rings (SSSR count). The number of hydrogen-bond acceptors (Lipinski definition) is 2. The van der Waals surface area contributed by atoms with Gasteiger partial charge in [0.05, 0.1) is 0 Å². The minimum atomic E-state index is -3.40. The fourth-order valence-corrected chi connectivity index (χ4v) is 0.969. The number of rotatable bonds is 1. The van der Waals surface area contributed by atoms with Crippen molar-refractivity contribution in [3.05, 3.63) is 22.9 Å². The first-order valence-corrected chi connectivity index (χ1v) is 3.82. The van der Waals surface area contributed by atoms with Gasteiger partial charge in [-0.05, 0) is 42.6 Å². The van der Waals surface area contributed by atoms with Crippen LogP contribution >= 0.6 is 15.9 Å². The Morgan fingerprint density at radius 1 is 1.58 bits per heavy atom. The Bertz CT molecular complexity index is 471. The van der Waals surface area contributed by atoms with Crippen LogP contribution in [0.1, 0.15) is 32.9 Å². The summed E-state index contributed by atoms with van der Waals surface area (Å²) in [6.45, 7) is -10.2. The summed E-state index contributed by atoms with van der Waals surface area (Å²) >= 11 is 3.01. The molecule has 3 heteroatoms. The van der Waals surface area contributed by atoms with Gasteiger partial charge in [0.15, 0.2) is 0 Å². The van der Waals surface area contributed by atoms with E-state index in [-0.39, 0.29) is 10.4 Å². The second-order valence-electron chi connectivity index (χ2n) is 2.10. The highest BCUT2D eigenvalue weighted by Crippen LogP contribution is 2.19. The van der Waals surface area contributed by atoms with E-state index in [0.29, 0.717) is 0 Å². The summed E-state index contributed by atoms with van der Waals surface area (Å²) in [4.78, 5) is 3.77. The third kappa shape index (κ3) is 3.22. The van der Waals surface area contributed by atoms with Crippen molar-refractivity contribution in [1.29, 1.82) is 0 Å². The molecule has 0 amide bonds. The predicted molar refractivity (Wildman–Crippen MR) is 52.3 cm³/mol. The first-order valence-electron chi connectivity index (χ1n) is 7.53. The van der Waals surface area contributed by atoms with Crippen molar-refractivity contribution in [2.75, 3.05) is 0 Å². The van der Waals surface area contributed by atoms with Gasteiger partial charge in [-0.15, -0.1) is 0 Å². The SMILES string of the molecule is [2H]C([2H])([2H])C(Oc1ccnc(Br)c1)(C([2H])([2H])[2H])C([2H])([2H])[2H]. The van der Waals surface area contributed by atoms with E-state index in [1.165, 1.54) is 18.3 Å². The van der Waals surface area contributed by atoms with Crippen molar-refractivity contribution >= 4 is 15.9 Å². The van der Waals surface area contributed by atoms with E-state index in [9.17, 15) is 0 Å². The maximum absolute atomic E-state index is 7.41. The molecule has 2 nitrogen and oxygen atoms in total. The Morgan fingerprint density at radius 3 is 2.92 bits per heavy atom. The maximum Gasteiger partial charge on any atom is 0.124 e. The lowest BCUT2D eigenvalue weighted by Crippen LogP contribution is -2.22. The highest BCUT2D eigenvalue weighted by molar-refractivity contribution is 9.10. The van der Waals surface area contributed by atoms with E-state index in [1.54, 1.807) is 0 Å². The summed E-state index contributed by atoms with van der Waals surface area (Å²) in [6, 6.07) is 2.38. The van der Waals surface area contributed by atoms with E-state index in [4.69, 9.17) is 17.1 Å². The van der Waals surface area contributed by atoms with Gasteiger partial charge in [-0.1, -0.05) is 0 Å². The summed E-state index contributed by atoms with van der Waals surface area (Å²) in [5.74, 6) is -0.222. The Morgan fingerprint density at radius 2 is 2.33 bits per heavy atom. The highest BCUT2D eigenvalue weighted by atomic mass is 79.9. The Hall–Kier alpha value is -0.570. The number of halogens is 1. The zero-order valence-electron chi connectivity index (χ0n) is 15.0. The van der Waals surface area contributed by atoms with Crippen molar-refractivity contribution in [2.45, 2.75) is 26.2 Å². The molecule has 0 atom stereocenters. The van der Waals surface area contributed by atoms with Crippen molar-refractivity contribution in [2.24, 2.45) is 0 Å². The van der Waals surface area contributed by atoms with Crippen LogP contribution in [0.3, 0.4) is 0 Å². The zero-order valence-corrected chi connectivity index (χ0v) is 7.55. The van der Waals surface area contributed by atoms with E-state index in [1.807, 2.05) is 0 Å². The summed E-state index contributed by atoms with van der Waals surface area (Å²) in [5.41, 5.74) is -3.34. The summed E-state index contributed by atoms with van der Waals surface area (Å²) < 4.78 is 72.0. The van der Waals surface area contributed by atoms with Crippen LogP contribution in [0.15, 0.2) is 22.9 Å². The minimum absolute atomic E-state index is 0.222. The van der Waals surface area contributed by atoms with E-state index >= 15 is 0 Å². The summed E-state index contributed by atoms with van der Waals surface area (Å²) in [7, 11) is 0. The topological polar surface area (TPSA) is 22.1 Å². The van der Waals surface area contributed by atoms with Gasteiger partial charge in [0.25, 0.3) is 0 Å². The average molecular weight is 239 g/mol. The molecule has 0 spiro atoms. The maximum atomic E-state index is 7.41. The largest absolute Gasteiger partial charge is 0.488 e. The van der Waals surface area contributed by atoms with Crippen LogP contribution < -0.4 is 4.74 Å². The van der Waals surface area contributed by atoms with E-state index in [0.717, 1.165) is 0 Å². The number of nitrogens with zero attached hydrogens (tertiary/aromatic N) is 1. The Balaban J connectivity index is 3.52. The van der Waals surface area contributed by atoms with Crippen LogP contribution in [0.4, 0.5) is 0 Å². The van der Waals surface area contributed by atoms with Gasteiger partial charge < -0.3 is 4.74 Å². The van der Waals surface area contributed by atoms with E-state index < -0.39 is 26.2 Å². The van der Waals surface area contributed by atoms with Gasteiger partial charge in [0.1, 0.15) is 16.0 Å². The molecule has 66 valence electrons. The molecule has 0 aliphatic heterocycles. The molecule has 1 aromatic heterocycles. The lowest BCUT2D eigenvalue weighted by atomic mass is 10.2. The molecule has 0 aliphatic carbocycles. The quantitative estimate of drug-likeness (QED) is 0.703. The Kier molecular flexibility index (Phi) is 0.853. The monoisotopic (exact) mass is 238 g/mol. The molecule has 12 heavy (non-hydrogen) atoms. The molecule has 0 aromatic carbocycles. The lowest BCUT2D eigenvalue weighted by Gasteiger charge is -2.20. The summed E-state index contributed by atoms with van der Waals surface area (Å²) in [6.07, 6.45) is 1.22. The van der Waals surface area contributed by atoms with Crippen molar-refractivity contribution in [3.63, 3.8) is 0 Å². The fraction of sp³-hybridized carbons (Fsp3) is 0.444. The lowest BCUT2D eigenvalue weighted by molar-refractivity contribution is 0.130. The number of aromatic nitrogens is 1. The third-order valence-electron chi connectivity index (χ3n) is 0.969. The van der Waals surface area contributed by atoms with Crippen LogP contribution in [-0.2, 0) is 0 Å². The standard InChI is InChI=1S/C9H12BrNO/c1-9(2,3)12-7-4-5-11-8(10)6-7/h4-6H,1-3H3/i1D3,2D3,3D3. The molecular weight excluding hydrogens is 218 g/mol. The molecule has 0 unspecified atom stereocenters. The van der Waals surface area contributed by atoms with Crippen molar-refractivity contribution in [1.82, 2.24) is 4.98 Å². The number of hydrogen-bond donors (Lipinski definition) is 0. The van der Waals surface area contributed by atoms with Gasteiger partial charge in [0.2, 0.25) is 0 Å². The van der Waals surface area contributed by atoms with Crippen LogP contribution in [0.2, 0.25) is 0 Å². The zero-order chi connectivity index (χ0) is 16.7. The van der Waals surface area contributed by atoms with Gasteiger partial charge in [-0.2, -0.15) is 0 Å². The molecule has 0 aliphatic rings. The molecule has 0 saturated heterocycles. The molecule has 1 heterocycles. The van der Waals surface area contributed by atoms with Crippen LogP contribution in [0.5, 0.6) is 5.75 Å². The second-order valence-corrected chi connectivity index (χ2v) is 2.91. The average Bonchev–Trinajstić information content (AvgIpc) is 2.20. The summed E-state index contributed by atoms with van der Waals surface area (Å²) in [5, 5.41) is 0. The number of ether oxygens (including phenoxy) is 1. The smallest absolute Gasteiger partial charge is 0.124 e. The van der Waals surface area contributed by atoms with Crippen LogP contribution in [-0.4, -0.2) is 10.6 Å². The minimum Gasteiger partial charge on any atom is -0.488 e. The molecule has 0 bridgehead atoms. The normalized spacial score (nSPS) is 25.6. The second kappa shape index (κ2) is 3.44. The highest BCUT2D eigenvalue weighted by Gasteiger charge is 2.11. The Labute approximate surface area is 93.7 Å². The first-order chi connectivity index (χ1) is 9.22. The third-order valence-corrected chi connectivity index (χ3v) is 1.40. The molecule has 0 N–H and O–H groups in total. The molecular formula is C9H12BrNO. The van der Waals surface area contributed by atoms with Gasteiger partial charge in [0, 0.05) is 24.6 Å². The predicted octanol–water partition coefficient (Wildman–Crippen LogP) is 3.02. The van der Waals surface area contributed by atoms with Gasteiger partial charge in [-0.3, -0.25) is 0 Å². The van der Waals surface area contributed by atoms with Crippen LogP contribution in [0, 0.1) is 0 Å². The molecule has 0 fully saturated rings. The van der Waals surface area contributed by atoms with Gasteiger partial charge in [-0.25, -0.2) is 4.98 Å². The van der Waals surface area contributed by atoms with Crippen LogP contribution in [0.25, 0.3) is 0 Å². The molecule has 0 saturated carbocycles. The fourth-order valence-electron chi connectivity index (χ4n) is 0.625. The van der Waals surface area contributed by atoms with E-state index in [2.05, 4.69) is 20.9 Å². The van der Waals surface area contributed by atoms with Crippen molar-refractivity contribution in [3.8, 4) is 5.75 Å². The number of pyridine rings is 1.